The van der Waals surface area contributed by atoms with E-state index in [9.17, 15) is 9.59 Å². The molecule has 2 bridgehead atoms. The molecule has 3 fully saturated rings. The molecule has 0 radical (unpaired) electrons. The summed E-state index contributed by atoms with van der Waals surface area (Å²) in [4.78, 5) is 37.3. The van der Waals surface area contributed by atoms with Crippen LogP contribution in [-0.4, -0.2) is 63.4 Å². The molecule has 0 aliphatic carbocycles. The average Bonchev–Trinajstić information content (AvgIpc) is 3.57. The molecule has 2 atom stereocenters. The minimum absolute atomic E-state index is 0.0826. The molecule has 0 unspecified atom stereocenters. The number of nitrogens with zero attached hydrogens (tertiary/aromatic N) is 3. The summed E-state index contributed by atoms with van der Waals surface area (Å²) in [7, 11) is 0. The number of likely N-dealkylation sites (tertiary alicyclic amines) is 1. The van der Waals surface area contributed by atoms with E-state index in [-0.39, 0.29) is 23.9 Å². The normalized spacial score (nSPS) is 23.9. The highest BCUT2D eigenvalue weighted by molar-refractivity contribution is 5.97. The molecule has 35 heavy (non-hydrogen) atoms. The highest BCUT2D eigenvalue weighted by atomic mass is 16.5. The molecule has 1 N–H and O–H groups in total. The second-order valence-electron chi connectivity index (χ2n) is 10.2. The number of aromatic amines is 1. The van der Waals surface area contributed by atoms with E-state index in [1.807, 2.05) is 41.6 Å². The molecular weight excluding hydrogens is 440 g/mol. The van der Waals surface area contributed by atoms with Crippen molar-refractivity contribution in [3.63, 3.8) is 0 Å². The van der Waals surface area contributed by atoms with Crippen LogP contribution in [0.3, 0.4) is 0 Å². The highest BCUT2D eigenvalue weighted by Gasteiger charge is 2.43. The summed E-state index contributed by atoms with van der Waals surface area (Å²) >= 11 is 0. The molecule has 2 aromatic heterocycles. The fourth-order valence-corrected chi connectivity index (χ4v) is 6.33. The van der Waals surface area contributed by atoms with Crippen LogP contribution >= 0.6 is 0 Å². The summed E-state index contributed by atoms with van der Waals surface area (Å²) < 4.78 is 6.03. The summed E-state index contributed by atoms with van der Waals surface area (Å²) in [6.07, 6.45) is 10.7. The monoisotopic (exact) mass is 472 g/mol. The Morgan fingerprint density at radius 3 is 2.77 bits per heavy atom. The van der Waals surface area contributed by atoms with Crippen LogP contribution < -0.4 is 4.74 Å². The van der Waals surface area contributed by atoms with Gasteiger partial charge in [-0.1, -0.05) is 12.1 Å². The van der Waals surface area contributed by atoms with E-state index in [1.54, 1.807) is 0 Å². The number of amides is 2. The maximum Gasteiger partial charge on any atom is 0.258 e. The SMILES string of the molecule is O=C1CCCN1CCOc1ccccc1C(=O)N1[C@H]2CC[C@H]1CC(Cc1cnc3[nH]ccc3c1)C2. The lowest BCUT2D eigenvalue weighted by Crippen LogP contribution is -2.47. The minimum Gasteiger partial charge on any atom is -0.491 e. The van der Waals surface area contributed by atoms with E-state index in [4.69, 9.17) is 4.74 Å². The van der Waals surface area contributed by atoms with Crippen molar-refractivity contribution in [1.82, 2.24) is 19.8 Å². The van der Waals surface area contributed by atoms with Gasteiger partial charge in [-0.25, -0.2) is 4.98 Å². The third-order valence-corrected chi connectivity index (χ3v) is 7.95. The number of H-pyrrole nitrogens is 1. The number of ether oxygens (including phenoxy) is 1. The second-order valence-corrected chi connectivity index (χ2v) is 10.2. The molecule has 0 spiro atoms. The first-order chi connectivity index (χ1) is 17.2. The molecule has 3 aromatic rings. The van der Waals surface area contributed by atoms with Crippen LogP contribution in [0.15, 0.2) is 48.8 Å². The van der Waals surface area contributed by atoms with Gasteiger partial charge in [0.15, 0.2) is 0 Å². The molecule has 7 nitrogen and oxygen atoms in total. The van der Waals surface area contributed by atoms with Gasteiger partial charge in [-0.15, -0.1) is 0 Å². The van der Waals surface area contributed by atoms with Crippen molar-refractivity contribution in [1.29, 1.82) is 0 Å². The predicted octanol–water partition coefficient (Wildman–Crippen LogP) is 4.19. The molecule has 7 heteroatoms. The first kappa shape index (κ1) is 22.1. The van der Waals surface area contributed by atoms with Crippen LogP contribution in [0.4, 0.5) is 0 Å². The Morgan fingerprint density at radius 2 is 1.97 bits per heavy atom. The van der Waals surface area contributed by atoms with Gasteiger partial charge in [0.25, 0.3) is 5.91 Å². The van der Waals surface area contributed by atoms with Crippen molar-refractivity contribution in [3.05, 3.63) is 59.9 Å². The number of rotatable bonds is 7. The quantitative estimate of drug-likeness (QED) is 0.559. The van der Waals surface area contributed by atoms with Crippen molar-refractivity contribution < 1.29 is 14.3 Å². The Balaban J connectivity index is 1.11. The number of fused-ring (bicyclic) bond motifs is 3. The molecule has 0 saturated carbocycles. The lowest BCUT2D eigenvalue weighted by Gasteiger charge is -2.39. The molecule has 2 amide bonds. The molecule has 182 valence electrons. The Morgan fingerprint density at radius 1 is 1.14 bits per heavy atom. The van der Waals surface area contributed by atoms with Gasteiger partial charge < -0.3 is 19.5 Å². The number of hydrogen-bond acceptors (Lipinski definition) is 4. The number of aromatic nitrogens is 2. The van der Waals surface area contributed by atoms with Gasteiger partial charge in [0, 0.05) is 42.8 Å². The number of carbonyl (C=O) groups is 2. The topological polar surface area (TPSA) is 78.5 Å². The maximum absolute atomic E-state index is 13.7. The maximum atomic E-state index is 13.7. The highest BCUT2D eigenvalue weighted by Crippen LogP contribution is 2.41. The van der Waals surface area contributed by atoms with Crippen molar-refractivity contribution in [2.45, 2.75) is 57.0 Å². The smallest absolute Gasteiger partial charge is 0.258 e. The fraction of sp³-hybridized carbons (Fsp3) is 0.464. The zero-order valence-corrected chi connectivity index (χ0v) is 20.0. The third-order valence-electron chi connectivity index (χ3n) is 7.95. The first-order valence-corrected chi connectivity index (χ1v) is 12.9. The predicted molar refractivity (Wildman–Crippen MR) is 133 cm³/mol. The van der Waals surface area contributed by atoms with Gasteiger partial charge in [0.2, 0.25) is 5.91 Å². The zero-order chi connectivity index (χ0) is 23.8. The number of para-hydroxylation sites is 1. The Bertz CT molecular complexity index is 1220. The molecule has 3 aliphatic heterocycles. The molecule has 5 heterocycles. The number of benzene rings is 1. The third kappa shape index (κ3) is 4.40. The van der Waals surface area contributed by atoms with Crippen LogP contribution in [0, 0.1) is 5.92 Å². The Kier molecular flexibility index (Phi) is 5.92. The van der Waals surface area contributed by atoms with Crippen LogP contribution in [0.2, 0.25) is 0 Å². The van der Waals surface area contributed by atoms with Crippen molar-refractivity contribution in [3.8, 4) is 5.75 Å². The number of carbonyl (C=O) groups excluding carboxylic acids is 2. The first-order valence-electron chi connectivity index (χ1n) is 12.9. The van der Waals surface area contributed by atoms with Gasteiger partial charge in [-0.2, -0.15) is 0 Å². The lowest BCUT2D eigenvalue weighted by atomic mass is 9.85. The van der Waals surface area contributed by atoms with E-state index in [2.05, 4.69) is 27.0 Å². The minimum atomic E-state index is 0.0826. The molecule has 1 aromatic carbocycles. The number of pyridine rings is 1. The summed E-state index contributed by atoms with van der Waals surface area (Å²) in [6, 6.07) is 12.4. The van der Waals surface area contributed by atoms with Crippen LogP contribution in [0.5, 0.6) is 5.75 Å². The van der Waals surface area contributed by atoms with Crippen LogP contribution in [-0.2, 0) is 11.2 Å². The summed E-state index contributed by atoms with van der Waals surface area (Å²) in [6.45, 7) is 1.78. The standard InChI is InChI=1S/C28H32N4O3/c33-26-6-3-11-31(26)12-13-35-25-5-2-1-4-24(25)28(34)32-22-7-8-23(32)17-19(16-22)14-20-15-21-9-10-29-27(21)30-18-20/h1-2,4-5,9-10,15,18-19,22-23H,3,6-8,11-14,16-17H2,(H,29,30)/t22-,23-/m0/s1. The summed E-state index contributed by atoms with van der Waals surface area (Å²) in [5, 5.41) is 1.16. The fourth-order valence-electron chi connectivity index (χ4n) is 6.33. The molecule has 3 aliphatic rings. The van der Waals surface area contributed by atoms with Gasteiger partial charge in [0.05, 0.1) is 12.1 Å². The van der Waals surface area contributed by atoms with Crippen molar-refractivity contribution in [2.75, 3.05) is 19.7 Å². The van der Waals surface area contributed by atoms with Crippen LogP contribution in [0.25, 0.3) is 11.0 Å². The van der Waals surface area contributed by atoms with E-state index < -0.39 is 0 Å². The average molecular weight is 473 g/mol. The Labute approximate surface area is 205 Å². The van der Waals surface area contributed by atoms with E-state index >= 15 is 0 Å². The largest absolute Gasteiger partial charge is 0.491 e. The number of nitrogens with one attached hydrogen (secondary N) is 1. The Hall–Kier alpha value is -3.35. The van der Waals surface area contributed by atoms with E-state index in [0.717, 1.165) is 56.1 Å². The van der Waals surface area contributed by atoms with Crippen molar-refractivity contribution in [2.24, 2.45) is 5.92 Å². The van der Waals surface area contributed by atoms with E-state index in [1.165, 1.54) is 5.56 Å². The summed E-state index contributed by atoms with van der Waals surface area (Å²) in [5.74, 6) is 1.47. The van der Waals surface area contributed by atoms with Crippen LogP contribution in [0.1, 0.15) is 54.4 Å². The second kappa shape index (κ2) is 9.36. The summed E-state index contributed by atoms with van der Waals surface area (Å²) in [5.41, 5.74) is 2.84. The van der Waals surface area contributed by atoms with Crippen molar-refractivity contribution >= 4 is 22.8 Å². The van der Waals surface area contributed by atoms with Gasteiger partial charge in [0.1, 0.15) is 18.0 Å². The van der Waals surface area contributed by atoms with Gasteiger partial charge in [-0.3, -0.25) is 9.59 Å². The number of hydrogen-bond donors (Lipinski definition) is 1. The van der Waals surface area contributed by atoms with Gasteiger partial charge >= 0.3 is 0 Å². The number of piperidine rings is 1. The molecule has 3 saturated heterocycles. The van der Waals surface area contributed by atoms with E-state index in [0.29, 0.717) is 36.8 Å². The molecular formula is C28H32N4O3. The molecule has 6 rings (SSSR count). The zero-order valence-electron chi connectivity index (χ0n) is 20.0. The van der Waals surface area contributed by atoms with Gasteiger partial charge in [-0.05, 0) is 74.3 Å². The lowest BCUT2D eigenvalue weighted by molar-refractivity contribution is -0.128.